The Bertz CT molecular complexity index is 1710. The molecule has 40 heavy (non-hydrogen) atoms. The normalized spacial score (nSPS) is 12.1. The Morgan fingerprint density at radius 2 is 1.60 bits per heavy atom. The summed E-state index contributed by atoms with van der Waals surface area (Å²) >= 11 is 8.03. The van der Waals surface area contributed by atoms with Crippen LogP contribution in [-0.2, 0) is 0 Å². The molecule has 1 aliphatic heterocycles. The number of benzene rings is 4. The van der Waals surface area contributed by atoms with E-state index in [2.05, 4.69) is 60.3 Å². The lowest BCUT2D eigenvalue weighted by molar-refractivity contribution is 0.402. The molecule has 0 fully saturated rings. The van der Waals surface area contributed by atoms with Gasteiger partial charge in [0.05, 0.1) is 11.4 Å². The van der Waals surface area contributed by atoms with Crippen molar-refractivity contribution in [1.29, 1.82) is 0 Å². The van der Waals surface area contributed by atoms with Crippen molar-refractivity contribution in [3.8, 4) is 22.8 Å². The van der Waals surface area contributed by atoms with Crippen LogP contribution in [0.5, 0.6) is 11.5 Å². The number of rotatable bonds is 5. The first kappa shape index (κ1) is 27.6. The lowest BCUT2D eigenvalue weighted by Crippen LogP contribution is -2.25. The van der Waals surface area contributed by atoms with E-state index in [-0.39, 0.29) is 27.9 Å². The molecule has 0 spiro atoms. The van der Waals surface area contributed by atoms with Crippen LogP contribution in [0.3, 0.4) is 0 Å². The number of nitrogens with zero attached hydrogens (tertiary/aromatic N) is 2. The average Bonchev–Trinajstić information content (AvgIpc) is 2.93. The van der Waals surface area contributed by atoms with E-state index in [1.54, 1.807) is 0 Å². The van der Waals surface area contributed by atoms with Gasteiger partial charge in [0, 0.05) is 45.1 Å². The molecule has 0 bridgehead atoms. The van der Waals surface area contributed by atoms with E-state index in [1.807, 2.05) is 48.2 Å². The first-order valence-corrected chi connectivity index (χ1v) is 14.0. The summed E-state index contributed by atoms with van der Waals surface area (Å²) in [6.45, 7) is 2.09. The van der Waals surface area contributed by atoms with Gasteiger partial charge in [-0.05, 0) is 57.4 Å². The Balaban J connectivity index is 0.000000162. The second kappa shape index (κ2) is 12.1. The Kier molecular flexibility index (Phi) is 8.35. The van der Waals surface area contributed by atoms with Gasteiger partial charge in [0.2, 0.25) is 0 Å². The van der Waals surface area contributed by atoms with E-state index in [9.17, 15) is 15.0 Å². The number of hydrogen-bond donors (Lipinski definition) is 2. The Hall–Kier alpha value is -3.91. The van der Waals surface area contributed by atoms with Gasteiger partial charge in [-0.15, -0.1) is 0 Å². The van der Waals surface area contributed by atoms with Gasteiger partial charge in [0.1, 0.15) is 28.2 Å². The molecule has 0 atom stereocenters. The van der Waals surface area contributed by atoms with Crippen molar-refractivity contribution >= 4 is 45.7 Å². The lowest BCUT2D eigenvalue weighted by Gasteiger charge is -2.33. The van der Waals surface area contributed by atoms with Crippen LogP contribution in [0.2, 0.25) is 5.02 Å². The Morgan fingerprint density at radius 1 is 0.875 bits per heavy atom. The summed E-state index contributed by atoms with van der Waals surface area (Å²) < 4.78 is 5.57. The second-order valence-corrected chi connectivity index (χ2v) is 11.2. The molecular formula is C32H29ClN2O4S. The zero-order chi connectivity index (χ0) is 28.2. The molecule has 0 saturated heterocycles. The van der Waals surface area contributed by atoms with Crippen molar-refractivity contribution in [3.63, 3.8) is 0 Å². The molecule has 1 aromatic heterocycles. The molecule has 8 heteroatoms. The summed E-state index contributed by atoms with van der Waals surface area (Å²) in [7, 11) is 4.23. The molecule has 2 heterocycles. The van der Waals surface area contributed by atoms with E-state index in [0.29, 0.717) is 5.76 Å². The minimum absolute atomic E-state index is 0.0671. The van der Waals surface area contributed by atoms with Gasteiger partial charge in [-0.3, -0.25) is 4.79 Å². The molecule has 2 N–H and O–H groups in total. The van der Waals surface area contributed by atoms with Gasteiger partial charge in [-0.2, -0.15) is 0 Å². The molecule has 0 aliphatic carbocycles. The minimum Gasteiger partial charge on any atom is -0.508 e. The molecule has 0 radical (unpaired) electrons. The van der Waals surface area contributed by atoms with Crippen molar-refractivity contribution in [2.24, 2.45) is 0 Å². The predicted octanol–water partition coefficient (Wildman–Crippen LogP) is 7.77. The standard InChI is InChI=1S/C17H19ClN2S.C15H10O4/c1-19(2)10-5-11-20-14-6-3-4-7-16(14)21-17-9-8-13(18)12-15(17)20;16-10-6-11(17)15-12(18)8-13(19-14(15)7-10)9-4-2-1-3-5-9/h3-4,6-9,12H,5,10-11H2,1-2H3;1-8,16-17H. The second-order valence-electron chi connectivity index (χ2n) is 9.67. The van der Waals surface area contributed by atoms with Crippen LogP contribution in [0, 0.1) is 0 Å². The topological polar surface area (TPSA) is 77.2 Å². The van der Waals surface area contributed by atoms with Crippen LogP contribution in [0.25, 0.3) is 22.3 Å². The highest BCUT2D eigenvalue weighted by molar-refractivity contribution is 7.99. The fraction of sp³-hybridized carbons (Fsp3) is 0.156. The fourth-order valence-electron chi connectivity index (χ4n) is 4.59. The number of fused-ring (bicyclic) bond motifs is 3. The highest BCUT2D eigenvalue weighted by atomic mass is 35.5. The summed E-state index contributed by atoms with van der Waals surface area (Å²) in [4.78, 5) is 19.2. The lowest BCUT2D eigenvalue weighted by atomic mass is 10.1. The number of anilines is 2. The number of aromatic hydroxyl groups is 2. The van der Waals surface area contributed by atoms with E-state index in [0.717, 1.165) is 36.2 Å². The highest BCUT2D eigenvalue weighted by Crippen LogP contribution is 2.48. The van der Waals surface area contributed by atoms with Crippen molar-refractivity contribution in [3.05, 3.63) is 106 Å². The third kappa shape index (κ3) is 6.12. The molecule has 6 rings (SSSR count). The zero-order valence-corrected chi connectivity index (χ0v) is 23.7. The maximum absolute atomic E-state index is 12.0. The van der Waals surface area contributed by atoms with Crippen LogP contribution in [0.4, 0.5) is 11.4 Å². The summed E-state index contributed by atoms with van der Waals surface area (Å²) in [5.41, 5.74) is 3.08. The molecule has 0 unspecified atom stereocenters. The van der Waals surface area contributed by atoms with Gasteiger partial charge in [0.15, 0.2) is 5.43 Å². The molecule has 4 aromatic carbocycles. The molecule has 0 amide bonds. The predicted molar refractivity (Wildman–Crippen MR) is 163 cm³/mol. The SMILES string of the molecule is CN(C)CCCN1c2ccccc2Sc2ccc(Cl)cc21.O=c1cc(-c2ccccc2)oc2cc(O)cc(O)c12. The number of phenols is 2. The monoisotopic (exact) mass is 572 g/mol. The molecule has 1 aliphatic rings. The fourth-order valence-corrected chi connectivity index (χ4v) is 5.83. The average molecular weight is 573 g/mol. The summed E-state index contributed by atoms with van der Waals surface area (Å²) in [5.74, 6) is -0.0511. The van der Waals surface area contributed by atoms with Gasteiger partial charge < -0.3 is 24.4 Å². The first-order chi connectivity index (χ1) is 19.3. The molecule has 0 saturated carbocycles. The summed E-state index contributed by atoms with van der Waals surface area (Å²) in [6.07, 6.45) is 1.12. The van der Waals surface area contributed by atoms with Gasteiger partial charge in [-0.1, -0.05) is 65.8 Å². The van der Waals surface area contributed by atoms with Crippen LogP contribution in [0.15, 0.2) is 110 Å². The van der Waals surface area contributed by atoms with Crippen molar-refractivity contribution in [1.82, 2.24) is 4.90 Å². The largest absolute Gasteiger partial charge is 0.508 e. The maximum Gasteiger partial charge on any atom is 0.197 e. The summed E-state index contributed by atoms with van der Waals surface area (Å²) in [6, 6.07) is 27.7. The summed E-state index contributed by atoms with van der Waals surface area (Å²) in [5, 5.41) is 20.0. The van der Waals surface area contributed by atoms with Crippen LogP contribution < -0.4 is 10.3 Å². The van der Waals surface area contributed by atoms with Gasteiger partial charge >= 0.3 is 0 Å². The minimum atomic E-state index is -0.349. The molecule has 6 nitrogen and oxygen atoms in total. The molecule has 204 valence electrons. The number of halogens is 1. The molecule has 5 aromatic rings. The van der Waals surface area contributed by atoms with Crippen molar-refractivity contribution in [2.75, 3.05) is 32.1 Å². The zero-order valence-electron chi connectivity index (χ0n) is 22.2. The number of para-hydroxylation sites is 1. The quantitative estimate of drug-likeness (QED) is 0.223. The van der Waals surface area contributed by atoms with E-state index in [4.69, 9.17) is 16.0 Å². The van der Waals surface area contributed by atoms with E-state index >= 15 is 0 Å². The number of hydrogen-bond acceptors (Lipinski definition) is 7. The van der Waals surface area contributed by atoms with Crippen molar-refractivity contribution < 1.29 is 14.6 Å². The van der Waals surface area contributed by atoms with Crippen LogP contribution >= 0.6 is 23.4 Å². The third-order valence-corrected chi connectivity index (χ3v) is 7.79. The van der Waals surface area contributed by atoms with Crippen LogP contribution in [-0.4, -0.2) is 42.3 Å². The maximum atomic E-state index is 12.0. The van der Waals surface area contributed by atoms with Crippen molar-refractivity contribution in [2.45, 2.75) is 16.2 Å². The molecular weight excluding hydrogens is 544 g/mol. The Labute approximate surface area is 242 Å². The first-order valence-electron chi connectivity index (χ1n) is 12.8. The van der Waals surface area contributed by atoms with Gasteiger partial charge in [0.25, 0.3) is 0 Å². The Morgan fingerprint density at radius 3 is 2.38 bits per heavy atom. The smallest absolute Gasteiger partial charge is 0.197 e. The van der Waals surface area contributed by atoms with Crippen LogP contribution in [0.1, 0.15) is 6.42 Å². The number of phenolic OH excluding ortho intramolecular Hbond substituents is 2. The van der Waals surface area contributed by atoms with Gasteiger partial charge in [-0.25, -0.2) is 0 Å². The highest BCUT2D eigenvalue weighted by Gasteiger charge is 2.23. The van der Waals surface area contributed by atoms with E-state index < -0.39 is 0 Å². The van der Waals surface area contributed by atoms with E-state index in [1.165, 1.54) is 33.3 Å². The third-order valence-electron chi connectivity index (χ3n) is 6.43.